The quantitative estimate of drug-likeness (QED) is 0.510. The fourth-order valence-electron chi connectivity index (χ4n) is 0.692. The van der Waals surface area contributed by atoms with Crippen LogP contribution in [-0.2, 0) is 4.79 Å². The van der Waals surface area contributed by atoms with Gasteiger partial charge in [0, 0.05) is 5.92 Å². The van der Waals surface area contributed by atoms with Gasteiger partial charge in [-0.25, -0.2) is 0 Å². The zero-order valence-corrected chi connectivity index (χ0v) is 5.77. The first-order chi connectivity index (χ1) is 3.66. The van der Waals surface area contributed by atoms with Crippen LogP contribution in [0.1, 0.15) is 27.2 Å². The predicted molar refractivity (Wildman–Crippen MR) is 34.4 cm³/mol. The summed E-state index contributed by atoms with van der Waals surface area (Å²) in [5.41, 5.74) is 0. The monoisotopic (exact) mass is 113 g/mol. The van der Waals surface area contributed by atoms with Crippen molar-refractivity contribution in [2.45, 2.75) is 27.2 Å². The maximum absolute atomic E-state index is 10.0. The van der Waals surface area contributed by atoms with Crippen LogP contribution in [0.5, 0.6) is 0 Å². The number of hydrogen-bond donors (Lipinski definition) is 0. The highest BCUT2D eigenvalue weighted by atomic mass is 16.1. The first kappa shape index (κ1) is 7.67. The summed E-state index contributed by atoms with van der Waals surface area (Å²) in [6.45, 7) is 6.01. The Morgan fingerprint density at radius 1 is 1.62 bits per heavy atom. The zero-order valence-electron chi connectivity index (χ0n) is 5.77. The molecule has 0 N–H and O–H groups in total. The molecule has 0 aliphatic rings. The van der Waals surface area contributed by atoms with Gasteiger partial charge in [0.25, 0.3) is 0 Å². The largest absolute Gasteiger partial charge is 0.303 e. The third-order valence-corrected chi connectivity index (χ3v) is 0.963. The number of rotatable bonds is 3. The van der Waals surface area contributed by atoms with E-state index in [0.29, 0.717) is 0 Å². The van der Waals surface area contributed by atoms with E-state index in [1.165, 1.54) is 5.92 Å². The highest BCUT2D eigenvalue weighted by molar-refractivity contribution is 5.53. The fourth-order valence-corrected chi connectivity index (χ4v) is 0.692. The van der Waals surface area contributed by atoms with Crippen LogP contribution in [0.15, 0.2) is 0 Å². The smallest absolute Gasteiger partial charge is 0.122 e. The van der Waals surface area contributed by atoms with Crippen molar-refractivity contribution in [1.82, 2.24) is 0 Å². The minimum atomic E-state index is 0.208. The van der Waals surface area contributed by atoms with Crippen LogP contribution >= 0.6 is 0 Å². The van der Waals surface area contributed by atoms with E-state index >= 15 is 0 Å². The molecule has 1 atom stereocenters. The Bertz CT molecular complexity index is 66.8. The normalized spacial score (nSPS) is 14.0. The van der Waals surface area contributed by atoms with Gasteiger partial charge in [-0.05, 0) is 12.3 Å². The average Bonchev–Trinajstić information content (AvgIpc) is 1.65. The minimum absolute atomic E-state index is 0.208. The Morgan fingerprint density at radius 3 is 2.25 bits per heavy atom. The molecule has 0 aliphatic carbocycles. The molecule has 0 aromatic carbocycles. The average molecular weight is 113 g/mol. The summed E-state index contributed by atoms with van der Waals surface area (Å²) in [4.78, 5) is 10.0. The standard InChI is InChI=1S/C7H13O/c1-6(2)4-7(3)5-8/h5,7H,4H2,1-3H3. The molecule has 0 spiro atoms. The Morgan fingerprint density at radius 2 is 2.12 bits per heavy atom. The van der Waals surface area contributed by atoms with Crippen molar-refractivity contribution in [3.8, 4) is 0 Å². The second-order valence-corrected chi connectivity index (χ2v) is 2.52. The van der Waals surface area contributed by atoms with Gasteiger partial charge in [0.15, 0.2) is 0 Å². The molecule has 0 rings (SSSR count). The first-order valence-electron chi connectivity index (χ1n) is 2.91. The van der Waals surface area contributed by atoms with Crippen LogP contribution in [0, 0.1) is 11.8 Å². The van der Waals surface area contributed by atoms with Crippen molar-refractivity contribution in [3.05, 3.63) is 5.92 Å². The van der Waals surface area contributed by atoms with Crippen molar-refractivity contribution < 1.29 is 4.79 Å². The third kappa shape index (κ3) is 3.85. The van der Waals surface area contributed by atoms with Crippen molar-refractivity contribution in [2.75, 3.05) is 0 Å². The Balaban J connectivity index is 3.23. The molecule has 0 aliphatic heterocycles. The van der Waals surface area contributed by atoms with Gasteiger partial charge in [-0.15, -0.1) is 0 Å². The van der Waals surface area contributed by atoms with E-state index in [9.17, 15) is 4.79 Å². The summed E-state index contributed by atoms with van der Waals surface area (Å²) >= 11 is 0. The van der Waals surface area contributed by atoms with E-state index in [1.54, 1.807) is 0 Å². The molecule has 0 fully saturated rings. The van der Waals surface area contributed by atoms with Gasteiger partial charge < -0.3 is 4.79 Å². The summed E-state index contributed by atoms with van der Waals surface area (Å²) in [6.07, 6.45) is 1.93. The van der Waals surface area contributed by atoms with Crippen molar-refractivity contribution in [2.24, 2.45) is 5.92 Å². The zero-order chi connectivity index (χ0) is 6.57. The second-order valence-electron chi connectivity index (χ2n) is 2.52. The van der Waals surface area contributed by atoms with Crippen LogP contribution in [-0.4, -0.2) is 6.29 Å². The summed E-state index contributed by atoms with van der Waals surface area (Å²) in [7, 11) is 0. The number of hydrogen-bond acceptors (Lipinski definition) is 1. The summed E-state index contributed by atoms with van der Waals surface area (Å²) in [6, 6.07) is 0. The molecule has 1 nitrogen and oxygen atoms in total. The van der Waals surface area contributed by atoms with Crippen LogP contribution in [0.25, 0.3) is 0 Å². The summed E-state index contributed by atoms with van der Waals surface area (Å²) < 4.78 is 0. The molecule has 0 amide bonds. The van der Waals surface area contributed by atoms with Gasteiger partial charge >= 0.3 is 0 Å². The first-order valence-corrected chi connectivity index (χ1v) is 2.91. The van der Waals surface area contributed by atoms with Crippen LogP contribution in [0.3, 0.4) is 0 Å². The summed E-state index contributed by atoms with van der Waals surface area (Å²) in [5, 5.41) is 0. The molecule has 0 saturated heterocycles. The second kappa shape index (κ2) is 3.65. The Kier molecular flexibility index (Phi) is 3.49. The SMILES string of the molecule is C[C](C)CC(C)C=O. The topological polar surface area (TPSA) is 17.1 Å². The van der Waals surface area contributed by atoms with Crippen molar-refractivity contribution >= 4 is 6.29 Å². The molecule has 0 heterocycles. The Labute approximate surface area is 51.1 Å². The molecular weight excluding hydrogens is 100 g/mol. The molecule has 47 valence electrons. The lowest BCUT2D eigenvalue weighted by Crippen LogP contribution is -1.98. The van der Waals surface area contributed by atoms with E-state index in [0.717, 1.165) is 12.7 Å². The molecule has 0 bridgehead atoms. The van der Waals surface area contributed by atoms with E-state index in [-0.39, 0.29) is 5.92 Å². The van der Waals surface area contributed by atoms with E-state index in [4.69, 9.17) is 0 Å². The van der Waals surface area contributed by atoms with Gasteiger partial charge in [0.1, 0.15) is 6.29 Å². The molecule has 1 heteroatoms. The fraction of sp³-hybridized carbons (Fsp3) is 0.714. The highest BCUT2D eigenvalue weighted by Crippen LogP contribution is 2.09. The molecule has 0 aromatic rings. The summed E-state index contributed by atoms with van der Waals surface area (Å²) in [5.74, 6) is 1.53. The molecule has 1 radical (unpaired) electrons. The molecule has 0 saturated carbocycles. The lowest BCUT2D eigenvalue weighted by molar-refractivity contribution is -0.110. The predicted octanol–water partition coefficient (Wildman–Crippen LogP) is 1.83. The van der Waals surface area contributed by atoms with Gasteiger partial charge in [0.2, 0.25) is 0 Å². The van der Waals surface area contributed by atoms with E-state index < -0.39 is 0 Å². The maximum Gasteiger partial charge on any atom is 0.122 e. The minimum Gasteiger partial charge on any atom is -0.303 e. The number of carbonyl (C=O) groups excluding carboxylic acids is 1. The lowest BCUT2D eigenvalue weighted by Gasteiger charge is -2.03. The number of aldehydes is 1. The molecular formula is C7H13O. The van der Waals surface area contributed by atoms with E-state index in [2.05, 4.69) is 0 Å². The maximum atomic E-state index is 10.0. The molecule has 0 aromatic heterocycles. The Hall–Kier alpha value is -0.330. The molecule has 8 heavy (non-hydrogen) atoms. The van der Waals surface area contributed by atoms with Gasteiger partial charge in [-0.2, -0.15) is 0 Å². The highest BCUT2D eigenvalue weighted by Gasteiger charge is 2.01. The van der Waals surface area contributed by atoms with E-state index in [1.807, 2.05) is 20.8 Å². The van der Waals surface area contributed by atoms with Crippen molar-refractivity contribution in [1.29, 1.82) is 0 Å². The van der Waals surface area contributed by atoms with Gasteiger partial charge in [-0.1, -0.05) is 20.8 Å². The van der Waals surface area contributed by atoms with Crippen molar-refractivity contribution in [3.63, 3.8) is 0 Å². The molecule has 1 unspecified atom stereocenters. The number of carbonyl (C=O) groups is 1. The van der Waals surface area contributed by atoms with Crippen LogP contribution < -0.4 is 0 Å². The van der Waals surface area contributed by atoms with Gasteiger partial charge in [0.05, 0.1) is 0 Å². The van der Waals surface area contributed by atoms with Crippen LogP contribution in [0.2, 0.25) is 0 Å². The lowest BCUT2D eigenvalue weighted by atomic mass is 10.0. The van der Waals surface area contributed by atoms with Gasteiger partial charge in [-0.3, -0.25) is 0 Å². The van der Waals surface area contributed by atoms with Crippen LogP contribution in [0.4, 0.5) is 0 Å². The third-order valence-electron chi connectivity index (χ3n) is 0.963.